The third-order valence-corrected chi connectivity index (χ3v) is 4.82. The summed E-state index contributed by atoms with van der Waals surface area (Å²) in [6.45, 7) is 2.78. The summed E-state index contributed by atoms with van der Waals surface area (Å²) in [5.41, 5.74) is 7.57. The van der Waals surface area contributed by atoms with Gasteiger partial charge < -0.3 is 9.30 Å². The molecule has 0 atom stereocenters. The van der Waals surface area contributed by atoms with E-state index in [0.717, 1.165) is 34.4 Å². The number of hydrogen-bond acceptors (Lipinski definition) is 2. The number of aldehydes is 1. The highest BCUT2D eigenvalue weighted by Gasteiger charge is 2.19. The fourth-order valence-electron chi connectivity index (χ4n) is 3.50. The van der Waals surface area contributed by atoms with Gasteiger partial charge in [-0.3, -0.25) is 4.79 Å². The van der Waals surface area contributed by atoms with Gasteiger partial charge in [-0.25, -0.2) is 0 Å². The lowest BCUT2D eigenvalue weighted by Crippen LogP contribution is -2.07. The predicted molar refractivity (Wildman–Crippen MR) is 100 cm³/mol. The molecule has 0 amide bonds. The van der Waals surface area contributed by atoms with E-state index in [2.05, 4.69) is 41.8 Å². The molecule has 0 bridgehead atoms. The molecule has 0 saturated carbocycles. The zero-order chi connectivity index (χ0) is 17.4. The SMILES string of the molecule is COc1ccc(C2=Cc3ccccc3Cn3c(C=O)ccc32)c(C)c1. The molecule has 0 N–H and O–H groups in total. The minimum Gasteiger partial charge on any atom is -0.497 e. The lowest BCUT2D eigenvalue weighted by atomic mass is 9.95. The van der Waals surface area contributed by atoms with Crippen LogP contribution in [0.3, 0.4) is 0 Å². The fraction of sp³-hybridized carbons (Fsp3) is 0.136. The molecule has 2 aromatic carbocycles. The van der Waals surface area contributed by atoms with E-state index >= 15 is 0 Å². The quantitative estimate of drug-likeness (QED) is 0.516. The maximum Gasteiger partial charge on any atom is 0.166 e. The molecule has 4 rings (SSSR count). The van der Waals surface area contributed by atoms with Gasteiger partial charge in [-0.1, -0.05) is 30.3 Å². The Labute approximate surface area is 147 Å². The number of fused-ring (bicyclic) bond motifs is 2. The van der Waals surface area contributed by atoms with E-state index in [1.54, 1.807) is 7.11 Å². The highest BCUT2D eigenvalue weighted by Crippen LogP contribution is 2.34. The van der Waals surface area contributed by atoms with Crippen molar-refractivity contribution < 1.29 is 9.53 Å². The van der Waals surface area contributed by atoms with Gasteiger partial charge >= 0.3 is 0 Å². The largest absolute Gasteiger partial charge is 0.497 e. The van der Waals surface area contributed by atoms with Crippen LogP contribution in [-0.2, 0) is 6.54 Å². The third kappa shape index (κ3) is 2.58. The summed E-state index contributed by atoms with van der Waals surface area (Å²) in [5.74, 6) is 0.847. The van der Waals surface area contributed by atoms with Crippen molar-refractivity contribution in [3.05, 3.63) is 88.2 Å². The van der Waals surface area contributed by atoms with Crippen LogP contribution in [0, 0.1) is 6.92 Å². The highest BCUT2D eigenvalue weighted by molar-refractivity contribution is 5.94. The Morgan fingerprint density at radius 1 is 1.08 bits per heavy atom. The second-order valence-electron chi connectivity index (χ2n) is 6.29. The molecule has 25 heavy (non-hydrogen) atoms. The number of rotatable bonds is 3. The van der Waals surface area contributed by atoms with Crippen LogP contribution >= 0.6 is 0 Å². The zero-order valence-electron chi connectivity index (χ0n) is 14.3. The van der Waals surface area contributed by atoms with Crippen molar-refractivity contribution in [1.82, 2.24) is 4.57 Å². The minimum absolute atomic E-state index is 0.696. The van der Waals surface area contributed by atoms with Gasteiger partial charge in [0.25, 0.3) is 0 Å². The van der Waals surface area contributed by atoms with Gasteiger partial charge in [-0.2, -0.15) is 0 Å². The van der Waals surface area contributed by atoms with Gasteiger partial charge in [0.1, 0.15) is 5.75 Å². The number of ether oxygens (including phenoxy) is 1. The normalized spacial score (nSPS) is 12.6. The maximum absolute atomic E-state index is 11.5. The topological polar surface area (TPSA) is 31.2 Å². The Morgan fingerprint density at radius 3 is 2.68 bits per heavy atom. The Kier molecular flexibility index (Phi) is 3.77. The van der Waals surface area contributed by atoms with E-state index in [9.17, 15) is 4.79 Å². The van der Waals surface area contributed by atoms with Crippen LogP contribution in [0.1, 0.15) is 38.4 Å². The number of carbonyl (C=O) groups is 1. The molecule has 1 aliphatic heterocycles. The monoisotopic (exact) mass is 329 g/mol. The Morgan fingerprint density at radius 2 is 1.92 bits per heavy atom. The number of methoxy groups -OCH3 is 1. The van der Waals surface area contributed by atoms with Gasteiger partial charge in [0.2, 0.25) is 0 Å². The van der Waals surface area contributed by atoms with Crippen molar-refractivity contribution >= 4 is 17.9 Å². The first kappa shape index (κ1) is 15.5. The molecule has 0 aliphatic carbocycles. The van der Waals surface area contributed by atoms with Gasteiger partial charge in [0.15, 0.2) is 6.29 Å². The van der Waals surface area contributed by atoms with E-state index in [1.165, 1.54) is 11.1 Å². The first-order chi connectivity index (χ1) is 12.2. The molecule has 0 saturated heterocycles. The van der Waals surface area contributed by atoms with E-state index in [0.29, 0.717) is 12.2 Å². The average Bonchev–Trinajstić information content (AvgIpc) is 2.96. The molecule has 0 spiro atoms. The fourth-order valence-corrected chi connectivity index (χ4v) is 3.50. The number of nitrogens with zero attached hydrogens (tertiary/aromatic N) is 1. The molecule has 2 heterocycles. The minimum atomic E-state index is 0.696. The van der Waals surface area contributed by atoms with E-state index in [4.69, 9.17) is 4.74 Å². The van der Waals surface area contributed by atoms with Gasteiger partial charge in [-0.05, 0) is 59.5 Å². The highest BCUT2D eigenvalue weighted by atomic mass is 16.5. The van der Waals surface area contributed by atoms with E-state index in [1.807, 2.05) is 30.3 Å². The summed E-state index contributed by atoms with van der Waals surface area (Å²) in [7, 11) is 1.68. The van der Waals surface area contributed by atoms with Crippen molar-refractivity contribution in [1.29, 1.82) is 0 Å². The number of aryl methyl sites for hydroxylation is 1. The molecular formula is C22H19NO2. The first-order valence-corrected chi connectivity index (χ1v) is 8.31. The van der Waals surface area contributed by atoms with Gasteiger partial charge in [-0.15, -0.1) is 0 Å². The average molecular weight is 329 g/mol. The second kappa shape index (κ2) is 6.10. The van der Waals surface area contributed by atoms with Crippen LogP contribution in [0.5, 0.6) is 5.75 Å². The van der Waals surface area contributed by atoms with Crippen LogP contribution in [0.2, 0.25) is 0 Å². The summed E-state index contributed by atoms with van der Waals surface area (Å²) in [6.07, 6.45) is 3.15. The smallest absolute Gasteiger partial charge is 0.166 e. The summed E-state index contributed by atoms with van der Waals surface area (Å²) >= 11 is 0. The maximum atomic E-state index is 11.5. The lowest BCUT2D eigenvalue weighted by molar-refractivity contribution is 0.111. The number of hydrogen-bond donors (Lipinski definition) is 0. The van der Waals surface area contributed by atoms with E-state index in [-0.39, 0.29) is 0 Å². The summed E-state index contributed by atoms with van der Waals surface area (Å²) in [4.78, 5) is 11.5. The van der Waals surface area contributed by atoms with Crippen LogP contribution in [0.15, 0.2) is 54.6 Å². The first-order valence-electron chi connectivity index (χ1n) is 8.31. The Balaban J connectivity index is 1.98. The Bertz CT molecular complexity index is 995. The van der Waals surface area contributed by atoms with Gasteiger partial charge in [0, 0.05) is 17.8 Å². The molecule has 3 heteroatoms. The molecule has 124 valence electrons. The molecule has 3 nitrogen and oxygen atoms in total. The van der Waals surface area contributed by atoms with Crippen molar-refractivity contribution in [2.75, 3.05) is 7.11 Å². The summed E-state index contributed by atoms with van der Waals surface area (Å²) in [6, 6.07) is 18.4. The number of aromatic nitrogens is 1. The van der Waals surface area contributed by atoms with Crippen molar-refractivity contribution in [2.45, 2.75) is 13.5 Å². The molecule has 0 radical (unpaired) electrons. The zero-order valence-corrected chi connectivity index (χ0v) is 14.3. The van der Waals surface area contributed by atoms with Crippen LogP contribution in [0.25, 0.3) is 11.6 Å². The second-order valence-corrected chi connectivity index (χ2v) is 6.29. The predicted octanol–water partition coefficient (Wildman–Crippen LogP) is 4.57. The molecule has 1 aliphatic rings. The summed E-state index contributed by atoms with van der Waals surface area (Å²) < 4.78 is 7.43. The molecule has 0 unspecified atom stereocenters. The van der Waals surface area contributed by atoms with Crippen LogP contribution in [0.4, 0.5) is 0 Å². The lowest BCUT2D eigenvalue weighted by Gasteiger charge is -2.14. The standard InChI is InChI=1S/C22H19NO2/c1-15-11-19(25-2)8-9-20(15)21-12-16-5-3-4-6-17(16)13-23-18(14-24)7-10-22(21)23/h3-12,14H,13H2,1-2H3. The van der Waals surface area contributed by atoms with Crippen molar-refractivity contribution in [3.63, 3.8) is 0 Å². The van der Waals surface area contributed by atoms with Crippen LogP contribution in [-0.4, -0.2) is 18.0 Å². The third-order valence-electron chi connectivity index (χ3n) is 4.82. The van der Waals surface area contributed by atoms with Crippen LogP contribution < -0.4 is 4.74 Å². The van der Waals surface area contributed by atoms with Gasteiger partial charge in [0.05, 0.1) is 12.8 Å². The molecule has 0 fully saturated rings. The number of benzene rings is 2. The summed E-state index contributed by atoms with van der Waals surface area (Å²) in [5, 5.41) is 0. The van der Waals surface area contributed by atoms with E-state index < -0.39 is 0 Å². The Hall–Kier alpha value is -3.07. The van der Waals surface area contributed by atoms with Crippen molar-refractivity contribution in [2.24, 2.45) is 0 Å². The number of carbonyl (C=O) groups excluding carboxylic acids is 1. The molecule has 1 aromatic heterocycles. The molecular weight excluding hydrogens is 310 g/mol. The van der Waals surface area contributed by atoms with Crippen molar-refractivity contribution in [3.8, 4) is 5.75 Å². The molecule has 3 aromatic rings.